The Hall–Kier alpha value is -2.86. The van der Waals surface area contributed by atoms with Crippen LogP contribution in [0, 0.1) is 13.8 Å². The second-order valence-electron chi connectivity index (χ2n) is 5.68. The molecule has 0 bridgehead atoms. The topological polar surface area (TPSA) is 74.5 Å². The first kappa shape index (κ1) is 17.9. The molecular formula is C19H17ClN2O4. The normalized spacial score (nSPS) is 10.6. The lowest BCUT2D eigenvalue weighted by atomic mass is 10.2. The maximum atomic E-state index is 12.1. The molecule has 0 saturated carbocycles. The van der Waals surface area contributed by atoms with Crippen LogP contribution >= 0.6 is 11.6 Å². The lowest BCUT2D eigenvalue weighted by Crippen LogP contribution is -2.05. The summed E-state index contributed by atoms with van der Waals surface area (Å²) >= 11 is 5.72. The van der Waals surface area contributed by atoms with Crippen LogP contribution in [0.3, 0.4) is 0 Å². The fourth-order valence-corrected chi connectivity index (χ4v) is 2.39. The smallest absolute Gasteiger partial charge is 0.338 e. The first-order valence-corrected chi connectivity index (χ1v) is 8.33. The predicted octanol–water partition coefficient (Wildman–Crippen LogP) is 4.28. The van der Waals surface area contributed by atoms with E-state index >= 15 is 0 Å². The van der Waals surface area contributed by atoms with Crippen molar-refractivity contribution in [2.75, 3.05) is 0 Å². The molecule has 0 amide bonds. The van der Waals surface area contributed by atoms with Crippen LogP contribution in [0.5, 0.6) is 5.75 Å². The fraction of sp³-hybridized carbons (Fsp3) is 0.211. The third kappa shape index (κ3) is 4.40. The van der Waals surface area contributed by atoms with Crippen molar-refractivity contribution in [2.45, 2.75) is 27.1 Å². The molecule has 0 N–H and O–H groups in total. The van der Waals surface area contributed by atoms with Crippen LogP contribution in [0.25, 0.3) is 0 Å². The van der Waals surface area contributed by atoms with Crippen molar-refractivity contribution in [3.8, 4) is 5.75 Å². The molecule has 3 rings (SSSR count). The molecule has 134 valence electrons. The number of carbonyl (C=O) groups is 1. The number of esters is 1. The molecule has 2 heterocycles. The molecule has 0 radical (unpaired) electrons. The standard InChI is InChI=1S/C19H17ClN2O4/c1-12-17(13(2)26-22-12)11-24-16-6-4-15(5-7-16)19(23)25-10-14-3-8-18(20)21-9-14/h3-9H,10-11H2,1-2H3. The zero-order valence-corrected chi connectivity index (χ0v) is 15.1. The minimum Gasteiger partial charge on any atom is -0.489 e. The summed E-state index contributed by atoms with van der Waals surface area (Å²) in [6, 6.07) is 10.2. The molecule has 6 nitrogen and oxygen atoms in total. The highest BCUT2D eigenvalue weighted by atomic mass is 35.5. The van der Waals surface area contributed by atoms with E-state index in [1.807, 2.05) is 13.8 Å². The Balaban J connectivity index is 1.55. The molecule has 1 aromatic carbocycles. The highest BCUT2D eigenvalue weighted by Crippen LogP contribution is 2.18. The van der Waals surface area contributed by atoms with Crippen LogP contribution in [-0.2, 0) is 18.0 Å². The predicted molar refractivity (Wildman–Crippen MR) is 95.1 cm³/mol. The first-order chi connectivity index (χ1) is 12.5. The van der Waals surface area contributed by atoms with Gasteiger partial charge in [0.2, 0.25) is 0 Å². The van der Waals surface area contributed by atoms with Crippen LogP contribution < -0.4 is 4.74 Å². The SMILES string of the molecule is Cc1noc(C)c1COc1ccc(C(=O)OCc2ccc(Cl)nc2)cc1. The average molecular weight is 373 g/mol. The van der Waals surface area contributed by atoms with Gasteiger partial charge >= 0.3 is 5.97 Å². The van der Waals surface area contributed by atoms with Crippen molar-refractivity contribution in [1.29, 1.82) is 0 Å². The number of benzene rings is 1. The van der Waals surface area contributed by atoms with Gasteiger partial charge in [-0.1, -0.05) is 22.8 Å². The zero-order valence-electron chi connectivity index (χ0n) is 14.4. The second kappa shape index (κ2) is 8.01. The van der Waals surface area contributed by atoms with E-state index < -0.39 is 5.97 Å². The summed E-state index contributed by atoms with van der Waals surface area (Å²) in [5.74, 6) is 0.958. The number of hydrogen-bond acceptors (Lipinski definition) is 6. The van der Waals surface area contributed by atoms with Gasteiger partial charge in [0.1, 0.15) is 29.9 Å². The third-order valence-corrected chi connectivity index (χ3v) is 4.04. The summed E-state index contributed by atoms with van der Waals surface area (Å²) in [5, 5.41) is 4.28. The first-order valence-electron chi connectivity index (χ1n) is 7.95. The summed E-state index contributed by atoms with van der Waals surface area (Å²) < 4.78 is 16.1. The summed E-state index contributed by atoms with van der Waals surface area (Å²) in [5.41, 5.74) is 2.93. The minimum atomic E-state index is -0.419. The number of aryl methyl sites for hydroxylation is 2. The molecule has 3 aromatic rings. The van der Waals surface area contributed by atoms with Crippen molar-refractivity contribution in [3.05, 3.63) is 75.9 Å². The Morgan fingerprint density at radius 1 is 1.12 bits per heavy atom. The van der Waals surface area contributed by atoms with Crippen molar-refractivity contribution >= 4 is 17.6 Å². The van der Waals surface area contributed by atoms with Gasteiger partial charge in [0.05, 0.1) is 16.8 Å². The Kier molecular flexibility index (Phi) is 5.53. The largest absolute Gasteiger partial charge is 0.489 e. The minimum absolute atomic E-state index is 0.132. The Morgan fingerprint density at radius 2 is 1.88 bits per heavy atom. The van der Waals surface area contributed by atoms with E-state index in [9.17, 15) is 4.79 Å². The molecule has 0 fully saturated rings. The molecule has 0 unspecified atom stereocenters. The van der Waals surface area contributed by atoms with Gasteiger partial charge in [-0.25, -0.2) is 9.78 Å². The number of halogens is 1. The molecule has 0 aliphatic rings. The van der Waals surface area contributed by atoms with Crippen LogP contribution in [0.2, 0.25) is 5.15 Å². The van der Waals surface area contributed by atoms with E-state index in [0.717, 1.165) is 22.6 Å². The van der Waals surface area contributed by atoms with Crippen molar-refractivity contribution in [2.24, 2.45) is 0 Å². The van der Waals surface area contributed by atoms with E-state index in [1.165, 1.54) is 0 Å². The number of nitrogens with zero attached hydrogens (tertiary/aromatic N) is 2. The van der Waals surface area contributed by atoms with Gasteiger partial charge in [0.15, 0.2) is 0 Å². The fourth-order valence-electron chi connectivity index (χ4n) is 2.27. The summed E-state index contributed by atoms with van der Waals surface area (Å²) in [6.07, 6.45) is 1.57. The molecule has 0 aliphatic heterocycles. The van der Waals surface area contributed by atoms with Gasteiger partial charge in [-0.05, 0) is 44.2 Å². The van der Waals surface area contributed by atoms with Crippen LogP contribution in [0.1, 0.15) is 32.9 Å². The molecule has 7 heteroatoms. The van der Waals surface area contributed by atoms with E-state index in [0.29, 0.717) is 23.1 Å². The van der Waals surface area contributed by atoms with E-state index in [4.69, 9.17) is 25.6 Å². The Bertz CT molecular complexity index is 869. The molecule has 2 aromatic heterocycles. The highest BCUT2D eigenvalue weighted by Gasteiger charge is 2.11. The van der Waals surface area contributed by atoms with Gasteiger partial charge in [0, 0.05) is 11.8 Å². The summed E-state index contributed by atoms with van der Waals surface area (Å²) in [7, 11) is 0. The lowest BCUT2D eigenvalue weighted by molar-refractivity contribution is 0.0472. The van der Waals surface area contributed by atoms with Gasteiger partial charge in [-0.2, -0.15) is 0 Å². The molecule has 26 heavy (non-hydrogen) atoms. The average Bonchev–Trinajstić information content (AvgIpc) is 2.97. The molecule has 0 saturated heterocycles. The van der Waals surface area contributed by atoms with Crippen molar-refractivity contribution in [1.82, 2.24) is 10.1 Å². The maximum Gasteiger partial charge on any atom is 0.338 e. The highest BCUT2D eigenvalue weighted by molar-refractivity contribution is 6.29. The number of carbonyl (C=O) groups excluding carboxylic acids is 1. The Morgan fingerprint density at radius 3 is 2.50 bits per heavy atom. The van der Waals surface area contributed by atoms with Crippen molar-refractivity contribution in [3.63, 3.8) is 0 Å². The van der Waals surface area contributed by atoms with Gasteiger partial charge < -0.3 is 14.0 Å². The third-order valence-electron chi connectivity index (χ3n) is 3.81. The Labute approximate surface area is 155 Å². The van der Waals surface area contributed by atoms with E-state index in [2.05, 4.69) is 10.1 Å². The van der Waals surface area contributed by atoms with Gasteiger partial charge in [-0.15, -0.1) is 0 Å². The summed E-state index contributed by atoms with van der Waals surface area (Å²) in [6.45, 7) is 4.19. The second-order valence-corrected chi connectivity index (χ2v) is 6.07. The van der Waals surface area contributed by atoms with Gasteiger partial charge in [0.25, 0.3) is 0 Å². The van der Waals surface area contributed by atoms with E-state index in [1.54, 1.807) is 42.6 Å². The number of ether oxygens (including phenoxy) is 2. The van der Waals surface area contributed by atoms with Crippen LogP contribution in [0.15, 0.2) is 47.1 Å². The van der Waals surface area contributed by atoms with Crippen LogP contribution in [-0.4, -0.2) is 16.1 Å². The quantitative estimate of drug-likeness (QED) is 0.475. The molecular weight excluding hydrogens is 356 g/mol. The molecule has 0 atom stereocenters. The number of hydrogen-bond donors (Lipinski definition) is 0. The van der Waals surface area contributed by atoms with Crippen molar-refractivity contribution < 1.29 is 18.8 Å². The molecule has 0 spiro atoms. The molecule has 0 aliphatic carbocycles. The van der Waals surface area contributed by atoms with Crippen LogP contribution in [0.4, 0.5) is 0 Å². The monoisotopic (exact) mass is 372 g/mol. The maximum absolute atomic E-state index is 12.1. The summed E-state index contributed by atoms with van der Waals surface area (Å²) in [4.78, 5) is 16.0. The zero-order chi connectivity index (χ0) is 18.5. The number of pyridine rings is 1. The van der Waals surface area contributed by atoms with E-state index in [-0.39, 0.29) is 6.61 Å². The van der Waals surface area contributed by atoms with Gasteiger partial charge in [-0.3, -0.25) is 0 Å². The number of rotatable bonds is 6. The lowest BCUT2D eigenvalue weighted by Gasteiger charge is -2.08. The number of aromatic nitrogens is 2.